The van der Waals surface area contributed by atoms with Crippen LogP contribution in [-0.2, 0) is 10.0 Å². The van der Waals surface area contributed by atoms with Crippen LogP contribution >= 0.6 is 0 Å². The molecule has 0 saturated carbocycles. The van der Waals surface area contributed by atoms with Crippen LogP contribution in [-0.4, -0.2) is 60.9 Å². The maximum atomic E-state index is 12.8. The standard InChI is InChI=1S/C15H19N3O4S/c1-11-16-14-12(5-3-6-13(14)22-11)15(19)17-7-4-8-18(10-9-17)23(2,20)21/h3,5-6H,4,7-10H2,1-2H3. The third-order valence-electron chi connectivity index (χ3n) is 3.97. The lowest BCUT2D eigenvalue weighted by Crippen LogP contribution is -2.37. The maximum Gasteiger partial charge on any atom is 0.256 e. The van der Waals surface area contributed by atoms with Crippen molar-refractivity contribution in [2.24, 2.45) is 0 Å². The van der Waals surface area contributed by atoms with Crippen LogP contribution in [0, 0.1) is 6.92 Å². The molecule has 0 bridgehead atoms. The average Bonchev–Trinajstić information content (AvgIpc) is 2.71. The van der Waals surface area contributed by atoms with Crippen LogP contribution in [0.3, 0.4) is 0 Å². The topological polar surface area (TPSA) is 83.7 Å². The number of fused-ring (bicyclic) bond motifs is 1. The van der Waals surface area contributed by atoms with Gasteiger partial charge in [-0.15, -0.1) is 0 Å². The zero-order valence-corrected chi connectivity index (χ0v) is 14.0. The molecule has 3 rings (SSSR count). The van der Waals surface area contributed by atoms with Crippen LogP contribution in [0.2, 0.25) is 0 Å². The van der Waals surface area contributed by atoms with Crippen molar-refractivity contribution in [2.45, 2.75) is 13.3 Å². The summed E-state index contributed by atoms with van der Waals surface area (Å²) in [7, 11) is -3.23. The molecule has 1 amide bonds. The van der Waals surface area contributed by atoms with Crippen molar-refractivity contribution in [1.82, 2.24) is 14.2 Å². The lowest BCUT2D eigenvalue weighted by atomic mass is 10.1. The molecule has 0 spiro atoms. The number of benzene rings is 1. The number of nitrogens with zero attached hydrogens (tertiary/aromatic N) is 3. The predicted molar refractivity (Wildman–Crippen MR) is 85.7 cm³/mol. The Hall–Kier alpha value is -1.93. The number of carbonyl (C=O) groups excluding carboxylic acids is 1. The van der Waals surface area contributed by atoms with Gasteiger partial charge in [-0.25, -0.2) is 17.7 Å². The van der Waals surface area contributed by atoms with Crippen molar-refractivity contribution in [2.75, 3.05) is 32.4 Å². The Bertz CT molecular complexity index is 844. The molecule has 0 atom stereocenters. The molecule has 0 N–H and O–H groups in total. The molecule has 7 nitrogen and oxygen atoms in total. The van der Waals surface area contributed by atoms with Crippen molar-refractivity contribution in [1.29, 1.82) is 0 Å². The van der Waals surface area contributed by atoms with Gasteiger partial charge in [0.25, 0.3) is 5.91 Å². The van der Waals surface area contributed by atoms with Gasteiger partial charge in [-0.3, -0.25) is 4.79 Å². The molecule has 1 fully saturated rings. The smallest absolute Gasteiger partial charge is 0.256 e. The Labute approximate surface area is 134 Å². The van der Waals surface area contributed by atoms with Gasteiger partial charge in [0.15, 0.2) is 11.5 Å². The molecule has 23 heavy (non-hydrogen) atoms. The molecule has 0 radical (unpaired) electrons. The fourth-order valence-electron chi connectivity index (χ4n) is 2.83. The fourth-order valence-corrected chi connectivity index (χ4v) is 3.70. The number of amides is 1. The Balaban J connectivity index is 1.85. The summed E-state index contributed by atoms with van der Waals surface area (Å²) in [6, 6.07) is 5.27. The first kappa shape index (κ1) is 15.9. The number of aromatic nitrogens is 1. The van der Waals surface area contributed by atoms with Gasteiger partial charge in [0.1, 0.15) is 5.52 Å². The van der Waals surface area contributed by atoms with Crippen molar-refractivity contribution < 1.29 is 17.6 Å². The molecule has 2 heterocycles. The van der Waals surface area contributed by atoms with Gasteiger partial charge >= 0.3 is 0 Å². The SMILES string of the molecule is Cc1nc2c(C(=O)N3CCCN(S(C)(=O)=O)CC3)cccc2o1. The molecule has 124 valence electrons. The van der Waals surface area contributed by atoms with E-state index in [1.807, 2.05) is 0 Å². The molecule has 0 aliphatic carbocycles. The molecule has 1 aromatic heterocycles. The predicted octanol–water partition coefficient (Wildman–Crippen LogP) is 1.24. The Morgan fingerprint density at radius 1 is 1.22 bits per heavy atom. The first-order valence-electron chi connectivity index (χ1n) is 7.47. The number of hydrogen-bond donors (Lipinski definition) is 0. The van der Waals surface area contributed by atoms with Crippen LogP contribution < -0.4 is 0 Å². The number of sulfonamides is 1. The van der Waals surface area contributed by atoms with Crippen molar-refractivity contribution in [3.63, 3.8) is 0 Å². The molecule has 1 saturated heterocycles. The highest BCUT2D eigenvalue weighted by molar-refractivity contribution is 7.88. The van der Waals surface area contributed by atoms with Gasteiger partial charge in [0.2, 0.25) is 10.0 Å². The van der Waals surface area contributed by atoms with Crippen LogP contribution in [0.4, 0.5) is 0 Å². The van der Waals surface area contributed by atoms with Crippen LogP contribution in [0.25, 0.3) is 11.1 Å². The number of hydrogen-bond acceptors (Lipinski definition) is 5. The van der Waals surface area contributed by atoms with E-state index in [9.17, 15) is 13.2 Å². The number of para-hydroxylation sites is 1. The molecule has 1 aromatic carbocycles. The number of aryl methyl sites for hydroxylation is 1. The molecule has 1 aliphatic heterocycles. The Kier molecular flexibility index (Phi) is 4.11. The van der Waals surface area contributed by atoms with E-state index >= 15 is 0 Å². The fraction of sp³-hybridized carbons (Fsp3) is 0.467. The van der Waals surface area contributed by atoms with Crippen LogP contribution in [0.5, 0.6) is 0 Å². The van der Waals surface area contributed by atoms with E-state index in [-0.39, 0.29) is 5.91 Å². The minimum Gasteiger partial charge on any atom is -0.441 e. The number of oxazole rings is 1. The van der Waals surface area contributed by atoms with E-state index in [4.69, 9.17) is 4.42 Å². The summed E-state index contributed by atoms with van der Waals surface area (Å²) in [6.45, 7) is 3.40. The largest absolute Gasteiger partial charge is 0.441 e. The molecule has 8 heteroatoms. The van der Waals surface area contributed by atoms with Crippen molar-refractivity contribution in [3.8, 4) is 0 Å². The summed E-state index contributed by atoms with van der Waals surface area (Å²) >= 11 is 0. The van der Waals surface area contributed by atoms with E-state index in [0.29, 0.717) is 55.2 Å². The monoisotopic (exact) mass is 337 g/mol. The van der Waals surface area contributed by atoms with Gasteiger partial charge in [0, 0.05) is 33.1 Å². The molecular formula is C15H19N3O4S. The maximum absolute atomic E-state index is 12.8. The van der Waals surface area contributed by atoms with Gasteiger partial charge in [-0.1, -0.05) is 6.07 Å². The van der Waals surface area contributed by atoms with Gasteiger partial charge in [0.05, 0.1) is 11.8 Å². The average molecular weight is 337 g/mol. The van der Waals surface area contributed by atoms with E-state index in [0.717, 1.165) is 0 Å². The minimum atomic E-state index is -3.23. The number of rotatable bonds is 2. The summed E-state index contributed by atoms with van der Waals surface area (Å²) in [6.07, 6.45) is 1.82. The van der Waals surface area contributed by atoms with Crippen molar-refractivity contribution >= 4 is 27.0 Å². The highest BCUT2D eigenvalue weighted by Gasteiger charge is 2.26. The third kappa shape index (κ3) is 3.23. The molecular weight excluding hydrogens is 318 g/mol. The Morgan fingerprint density at radius 2 is 2.00 bits per heavy atom. The lowest BCUT2D eigenvalue weighted by Gasteiger charge is -2.21. The summed E-state index contributed by atoms with van der Waals surface area (Å²) in [5.41, 5.74) is 1.63. The highest BCUT2D eigenvalue weighted by Crippen LogP contribution is 2.21. The van der Waals surface area contributed by atoms with Crippen molar-refractivity contribution in [3.05, 3.63) is 29.7 Å². The van der Waals surface area contributed by atoms with E-state index in [2.05, 4.69) is 4.98 Å². The number of carbonyl (C=O) groups is 1. The third-order valence-corrected chi connectivity index (χ3v) is 5.27. The molecule has 1 aliphatic rings. The molecule has 0 unspecified atom stereocenters. The van der Waals surface area contributed by atoms with E-state index in [1.54, 1.807) is 30.0 Å². The van der Waals surface area contributed by atoms with Crippen LogP contribution in [0.1, 0.15) is 22.7 Å². The molecule has 2 aromatic rings. The second-order valence-electron chi connectivity index (χ2n) is 5.69. The second-order valence-corrected chi connectivity index (χ2v) is 7.68. The first-order chi connectivity index (χ1) is 10.9. The van der Waals surface area contributed by atoms with E-state index in [1.165, 1.54) is 10.6 Å². The summed E-state index contributed by atoms with van der Waals surface area (Å²) < 4.78 is 30.2. The summed E-state index contributed by atoms with van der Waals surface area (Å²) in [5, 5.41) is 0. The zero-order valence-electron chi connectivity index (χ0n) is 13.2. The van der Waals surface area contributed by atoms with Gasteiger partial charge in [-0.05, 0) is 18.6 Å². The van der Waals surface area contributed by atoms with E-state index < -0.39 is 10.0 Å². The summed E-state index contributed by atoms with van der Waals surface area (Å²) in [4.78, 5) is 18.8. The quantitative estimate of drug-likeness (QED) is 0.823. The van der Waals surface area contributed by atoms with Gasteiger partial charge < -0.3 is 9.32 Å². The van der Waals surface area contributed by atoms with Gasteiger partial charge in [-0.2, -0.15) is 0 Å². The normalized spacial score (nSPS) is 17.4. The first-order valence-corrected chi connectivity index (χ1v) is 9.31. The highest BCUT2D eigenvalue weighted by atomic mass is 32.2. The minimum absolute atomic E-state index is 0.140. The Morgan fingerprint density at radius 3 is 2.74 bits per heavy atom. The lowest BCUT2D eigenvalue weighted by molar-refractivity contribution is 0.0766. The summed E-state index contributed by atoms with van der Waals surface area (Å²) in [5.74, 6) is 0.374. The zero-order chi connectivity index (χ0) is 16.6. The van der Waals surface area contributed by atoms with Crippen LogP contribution in [0.15, 0.2) is 22.6 Å². The second kappa shape index (κ2) is 5.93.